The third-order valence-electron chi connectivity index (χ3n) is 6.85. The summed E-state index contributed by atoms with van der Waals surface area (Å²) < 4.78 is 0. The van der Waals surface area contributed by atoms with Crippen LogP contribution >= 0.6 is 0 Å². The van der Waals surface area contributed by atoms with Crippen molar-refractivity contribution in [3.63, 3.8) is 0 Å². The zero-order valence-corrected chi connectivity index (χ0v) is 20.2. The van der Waals surface area contributed by atoms with Crippen molar-refractivity contribution in [2.24, 2.45) is 0 Å². The van der Waals surface area contributed by atoms with E-state index in [0.717, 1.165) is 55.6 Å². The van der Waals surface area contributed by atoms with Crippen LogP contribution in [0.5, 0.6) is 0 Å². The van der Waals surface area contributed by atoms with Gasteiger partial charge in [0.25, 0.3) is 0 Å². The minimum atomic E-state index is -0.174. The average Bonchev–Trinajstić information content (AvgIpc) is 2.82. The number of nitrogens with one attached hydrogen (secondary N) is 2. The Morgan fingerprint density at radius 3 is 2.55 bits per heavy atom. The van der Waals surface area contributed by atoms with Gasteiger partial charge in [-0.15, -0.1) is 0 Å². The minimum absolute atomic E-state index is 0.174. The molecular formula is C27H39N5O. The maximum absolute atomic E-state index is 9.88. The van der Waals surface area contributed by atoms with Gasteiger partial charge in [0.15, 0.2) is 0 Å². The van der Waals surface area contributed by atoms with Crippen LogP contribution in [0.1, 0.15) is 90.0 Å². The maximum Gasteiger partial charge on any atom is 0.224 e. The molecule has 178 valence electrons. The normalized spacial score (nSPS) is 22.0. The van der Waals surface area contributed by atoms with Crippen LogP contribution in [0.4, 0.5) is 11.8 Å². The number of aromatic nitrogens is 3. The molecule has 2 heterocycles. The van der Waals surface area contributed by atoms with E-state index in [2.05, 4.69) is 47.7 Å². The molecule has 2 aromatic rings. The highest BCUT2D eigenvalue weighted by Gasteiger charge is 2.21. The summed E-state index contributed by atoms with van der Waals surface area (Å²) in [4.78, 5) is 14.2. The molecule has 2 fully saturated rings. The van der Waals surface area contributed by atoms with Crippen molar-refractivity contribution < 1.29 is 5.11 Å². The fraction of sp³-hybridized carbons (Fsp3) is 0.593. The number of aliphatic hydroxyl groups is 1. The molecule has 0 unspecified atom stereocenters. The van der Waals surface area contributed by atoms with Crippen LogP contribution < -0.4 is 10.6 Å². The first-order chi connectivity index (χ1) is 16.1. The van der Waals surface area contributed by atoms with Gasteiger partial charge in [-0.2, -0.15) is 4.98 Å². The number of allylic oxidation sites excluding steroid dienone is 1. The molecule has 2 aliphatic carbocycles. The Bertz CT molecular complexity index is 911. The first-order valence-electron chi connectivity index (χ1n) is 12.8. The molecule has 3 N–H and O–H groups in total. The molecule has 4 rings (SSSR count). The number of nitrogens with zero attached hydrogens (tertiary/aromatic N) is 3. The van der Waals surface area contributed by atoms with Crippen molar-refractivity contribution in [3.05, 3.63) is 35.7 Å². The Labute approximate surface area is 198 Å². The van der Waals surface area contributed by atoms with E-state index in [9.17, 15) is 5.11 Å². The molecule has 0 amide bonds. The number of anilines is 2. The van der Waals surface area contributed by atoms with E-state index in [1.165, 1.54) is 43.2 Å². The zero-order valence-electron chi connectivity index (χ0n) is 20.2. The van der Waals surface area contributed by atoms with E-state index in [-0.39, 0.29) is 6.10 Å². The third-order valence-corrected chi connectivity index (χ3v) is 6.85. The van der Waals surface area contributed by atoms with Crippen molar-refractivity contribution in [1.82, 2.24) is 15.0 Å². The molecule has 2 aliphatic rings. The molecule has 1 atom stereocenters. The Hall–Kier alpha value is -2.47. The van der Waals surface area contributed by atoms with Crippen LogP contribution in [0.3, 0.4) is 0 Å². The first kappa shape index (κ1) is 23.7. The van der Waals surface area contributed by atoms with E-state index < -0.39 is 0 Å². The predicted molar refractivity (Wildman–Crippen MR) is 136 cm³/mol. The van der Waals surface area contributed by atoms with Crippen molar-refractivity contribution in [2.75, 3.05) is 10.6 Å². The number of pyridine rings is 1. The Balaban J connectivity index is 1.56. The van der Waals surface area contributed by atoms with Crippen LogP contribution in [0.25, 0.3) is 17.3 Å². The van der Waals surface area contributed by atoms with Crippen LogP contribution in [0.15, 0.2) is 30.1 Å². The Morgan fingerprint density at radius 1 is 1.06 bits per heavy atom. The molecule has 0 spiro atoms. The van der Waals surface area contributed by atoms with Gasteiger partial charge in [-0.1, -0.05) is 37.5 Å². The van der Waals surface area contributed by atoms with E-state index in [1.54, 1.807) is 0 Å². The summed E-state index contributed by atoms with van der Waals surface area (Å²) in [7, 11) is 0. The molecule has 6 nitrogen and oxygen atoms in total. The minimum Gasteiger partial charge on any atom is -0.393 e. The van der Waals surface area contributed by atoms with Gasteiger partial charge in [0.05, 0.1) is 17.4 Å². The SMILES string of the molecule is CCC[C@H](C)Nc1ncc(-c2ccc(C=C3CCCCC3)cn2)c(N[C@H]2CC[C@H](O)CC2)n1. The van der Waals surface area contributed by atoms with Crippen LogP contribution in [0.2, 0.25) is 0 Å². The summed E-state index contributed by atoms with van der Waals surface area (Å²) in [5.41, 5.74) is 4.51. The second kappa shape index (κ2) is 11.6. The van der Waals surface area contributed by atoms with Gasteiger partial charge in [-0.05, 0) is 76.3 Å². The van der Waals surface area contributed by atoms with Gasteiger partial charge >= 0.3 is 0 Å². The Kier molecular flexibility index (Phi) is 8.32. The fourth-order valence-electron chi connectivity index (χ4n) is 4.92. The number of hydrogen-bond donors (Lipinski definition) is 3. The molecule has 2 saturated carbocycles. The van der Waals surface area contributed by atoms with Gasteiger partial charge in [0.2, 0.25) is 5.95 Å². The van der Waals surface area contributed by atoms with Crippen LogP contribution in [0, 0.1) is 0 Å². The van der Waals surface area contributed by atoms with Crippen molar-refractivity contribution in [2.45, 2.75) is 103 Å². The topological polar surface area (TPSA) is 83.0 Å². The van der Waals surface area contributed by atoms with E-state index in [1.807, 2.05) is 12.4 Å². The Morgan fingerprint density at radius 2 is 1.85 bits per heavy atom. The summed E-state index contributed by atoms with van der Waals surface area (Å²) >= 11 is 0. The molecule has 33 heavy (non-hydrogen) atoms. The summed E-state index contributed by atoms with van der Waals surface area (Å²) in [6.07, 6.45) is 18.1. The highest BCUT2D eigenvalue weighted by molar-refractivity contribution is 5.73. The lowest BCUT2D eigenvalue weighted by Crippen LogP contribution is -2.29. The zero-order chi connectivity index (χ0) is 23.0. The summed E-state index contributed by atoms with van der Waals surface area (Å²) in [5.74, 6) is 1.47. The molecule has 0 aliphatic heterocycles. The largest absolute Gasteiger partial charge is 0.393 e. The monoisotopic (exact) mass is 449 g/mol. The first-order valence-corrected chi connectivity index (χ1v) is 12.8. The van der Waals surface area contributed by atoms with Gasteiger partial charge in [-0.25, -0.2) is 4.98 Å². The summed E-state index contributed by atoms with van der Waals surface area (Å²) in [6, 6.07) is 4.86. The molecule has 2 aromatic heterocycles. The maximum atomic E-state index is 9.88. The number of hydrogen-bond acceptors (Lipinski definition) is 6. The molecule has 6 heteroatoms. The van der Waals surface area contributed by atoms with Gasteiger partial charge in [0.1, 0.15) is 5.82 Å². The van der Waals surface area contributed by atoms with E-state index in [0.29, 0.717) is 18.0 Å². The average molecular weight is 450 g/mol. The standard InChI is InChI=1S/C27H39N5O/c1-3-7-19(2)30-27-29-18-24(26(32-27)31-22-11-13-23(33)14-12-22)25-15-10-21(17-28-25)16-20-8-5-4-6-9-20/h10,15-19,22-23,33H,3-9,11-14H2,1-2H3,(H2,29,30,31,32)/t19-,22-,23-/m0/s1. The van der Waals surface area contributed by atoms with Crippen molar-refractivity contribution >= 4 is 17.8 Å². The third kappa shape index (κ3) is 6.76. The molecule has 0 aromatic carbocycles. The molecule has 0 saturated heterocycles. The highest BCUT2D eigenvalue weighted by Crippen LogP contribution is 2.30. The summed E-state index contributed by atoms with van der Waals surface area (Å²) in [5, 5.41) is 17.0. The second-order valence-electron chi connectivity index (χ2n) is 9.78. The van der Waals surface area contributed by atoms with Gasteiger partial charge in [-0.3, -0.25) is 4.98 Å². The molecule has 0 bridgehead atoms. The summed E-state index contributed by atoms with van der Waals surface area (Å²) in [6.45, 7) is 4.35. The molecule has 0 radical (unpaired) electrons. The quantitative estimate of drug-likeness (QED) is 0.445. The predicted octanol–water partition coefficient (Wildman–Crippen LogP) is 6.20. The van der Waals surface area contributed by atoms with Crippen molar-refractivity contribution in [3.8, 4) is 11.3 Å². The van der Waals surface area contributed by atoms with Crippen LogP contribution in [-0.4, -0.2) is 38.2 Å². The van der Waals surface area contributed by atoms with E-state index in [4.69, 9.17) is 9.97 Å². The second-order valence-corrected chi connectivity index (χ2v) is 9.78. The van der Waals surface area contributed by atoms with E-state index >= 15 is 0 Å². The fourth-order valence-corrected chi connectivity index (χ4v) is 4.92. The number of aliphatic hydroxyl groups excluding tert-OH is 1. The van der Waals surface area contributed by atoms with Gasteiger partial charge in [0, 0.05) is 24.5 Å². The lowest BCUT2D eigenvalue weighted by atomic mass is 9.93. The van der Waals surface area contributed by atoms with Crippen molar-refractivity contribution in [1.29, 1.82) is 0 Å². The highest BCUT2D eigenvalue weighted by atomic mass is 16.3. The number of rotatable bonds is 8. The molecular weight excluding hydrogens is 410 g/mol. The smallest absolute Gasteiger partial charge is 0.224 e. The lowest BCUT2D eigenvalue weighted by molar-refractivity contribution is 0.126. The lowest BCUT2D eigenvalue weighted by Gasteiger charge is -2.27. The van der Waals surface area contributed by atoms with Crippen LogP contribution in [-0.2, 0) is 0 Å². The van der Waals surface area contributed by atoms with Gasteiger partial charge < -0.3 is 15.7 Å².